The second-order valence-corrected chi connectivity index (χ2v) is 7.33. The van der Waals surface area contributed by atoms with Gasteiger partial charge in [-0.25, -0.2) is 9.18 Å². The Labute approximate surface area is 185 Å². The van der Waals surface area contributed by atoms with Crippen LogP contribution in [0.4, 0.5) is 4.39 Å². The van der Waals surface area contributed by atoms with Gasteiger partial charge in [0.2, 0.25) is 11.7 Å². The molecule has 1 rings (SSSR count). The second-order valence-electron chi connectivity index (χ2n) is 7.33. The minimum absolute atomic E-state index is 0.148. The van der Waals surface area contributed by atoms with Gasteiger partial charge in [0, 0.05) is 12.0 Å². The first-order valence-corrected chi connectivity index (χ1v) is 10.3. The summed E-state index contributed by atoms with van der Waals surface area (Å²) in [5, 5.41) is 2.87. The van der Waals surface area contributed by atoms with Crippen LogP contribution in [0.15, 0.2) is 40.7 Å². The van der Waals surface area contributed by atoms with Gasteiger partial charge in [0.15, 0.2) is 0 Å². The molecule has 0 aromatic rings. The van der Waals surface area contributed by atoms with Crippen molar-refractivity contribution in [1.29, 1.82) is 0 Å². The molecule has 1 unspecified atom stereocenters. The summed E-state index contributed by atoms with van der Waals surface area (Å²) in [7, 11) is 2.94. The molecule has 1 heterocycles. The Morgan fingerprint density at radius 1 is 1.32 bits per heavy atom. The first kappa shape index (κ1) is 28.5. The Morgan fingerprint density at radius 3 is 2.45 bits per heavy atom. The highest BCUT2D eigenvalue weighted by atomic mass is 19.1. The zero-order valence-electron chi connectivity index (χ0n) is 19.7. The maximum atomic E-state index is 14.3. The summed E-state index contributed by atoms with van der Waals surface area (Å²) >= 11 is 0. The summed E-state index contributed by atoms with van der Waals surface area (Å²) in [6, 6.07) is -0.273. The lowest BCUT2D eigenvalue weighted by Gasteiger charge is -2.21. The van der Waals surface area contributed by atoms with E-state index in [9.17, 15) is 14.0 Å². The third kappa shape index (κ3) is 9.89. The van der Waals surface area contributed by atoms with Crippen molar-refractivity contribution in [2.45, 2.75) is 47.1 Å². The summed E-state index contributed by atoms with van der Waals surface area (Å²) in [5.41, 5.74) is 5.34. The van der Waals surface area contributed by atoms with Crippen molar-refractivity contribution >= 4 is 17.7 Å². The minimum atomic E-state index is -0.728. The first-order valence-electron chi connectivity index (χ1n) is 10.3. The maximum Gasteiger partial charge on any atom is 0.375 e. The number of aliphatic imine (C=N–C) groups is 1. The van der Waals surface area contributed by atoms with Crippen molar-refractivity contribution in [3.8, 4) is 0 Å². The van der Waals surface area contributed by atoms with Crippen LogP contribution in [0.1, 0.15) is 41.0 Å². The highest BCUT2D eigenvalue weighted by Gasteiger charge is 2.36. The number of amidine groups is 1. The summed E-state index contributed by atoms with van der Waals surface area (Å²) < 4.78 is 24.5. The van der Waals surface area contributed by atoms with Crippen LogP contribution in [0.3, 0.4) is 0 Å². The number of carbonyl (C=O) groups excluding carboxylic acids is 2. The number of nitrogens with zero attached hydrogens (tertiary/aromatic N) is 1. The van der Waals surface area contributed by atoms with Crippen LogP contribution in [-0.2, 0) is 19.1 Å². The van der Waals surface area contributed by atoms with E-state index in [4.69, 9.17) is 9.47 Å². The van der Waals surface area contributed by atoms with Crippen molar-refractivity contribution in [2.75, 3.05) is 33.9 Å². The SMILES string of the molecule is C=C(/C=C(F)\C(=C/C)CC(=O)NNC(=NC1COCC1(C)C)C(=O)OC)CNC.CC. The molecule has 1 saturated heterocycles. The Balaban J connectivity index is 0.00000436. The van der Waals surface area contributed by atoms with Crippen molar-refractivity contribution in [2.24, 2.45) is 10.4 Å². The molecule has 9 heteroatoms. The molecule has 0 saturated carbocycles. The number of halogens is 1. The van der Waals surface area contributed by atoms with Gasteiger partial charge >= 0.3 is 5.97 Å². The third-order valence-electron chi connectivity index (χ3n) is 4.38. The van der Waals surface area contributed by atoms with Crippen LogP contribution in [0, 0.1) is 5.41 Å². The normalized spacial score (nSPS) is 18.6. The number of nitrogens with one attached hydrogen (secondary N) is 3. The van der Waals surface area contributed by atoms with Crippen LogP contribution < -0.4 is 16.2 Å². The Hall–Kier alpha value is -2.52. The smallest absolute Gasteiger partial charge is 0.375 e. The van der Waals surface area contributed by atoms with Crippen molar-refractivity contribution in [3.63, 3.8) is 0 Å². The van der Waals surface area contributed by atoms with Crippen LogP contribution in [-0.4, -0.2) is 57.7 Å². The van der Waals surface area contributed by atoms with Gasteiger partial charge in [0.05, 0.1) is 32.8 Å². The van der Waals surface area contributed by atoms with Gasteiger partial charge < -0.3 is 14.8 Å². The van der Waals surface area contributed by atoms with Crippen molar-refractivity contribution < 1.29 is 23.5 Å². The molecule has 0 radical (unpaired) electrons. The number of hydrogen-bond donors (Lipinski definition) is 3. The monoisotopic (exact) mass is 440 g/mol. The van der Waals surface area contributed by atoms with E-state index in [-0.39, 0.29) is 29.3 Å². The Morgan fingerprint density at radius 2 is 1.97 bits per heavy atom. The van der Waals surface area contributed by atoms with Crippen LogP contribution >= 0.6 is 0 Å². The molecule has 0 spiro atoms. The van der Waals surface area contributed by atoms with Gasteiger partial charge in [-0.2, -0.15) is 0 Å². The molecule has 176 valence electrons. The van der Waals surface area contributed by atoms with Crippen LogP contribution in [0.2, 0.25) is 0 Å². The minimum Gasteiger partial charge on any atom is -0.463 e. The largest absolute Gasteiger partial charge is 0.463 e. The van der Waals surface area contributed by atoms with Gasteiger partial charge in [-0.15, -0.1) is 0 Å². The molecular formula is C22H37FN4O4. The lowest BCUT2D eigenvalue weighted by Crippen LogP contribution is -2.46. The fraction of sp³-hybridized carbons (Fsp3) is 0.591. The average molecular weight is 441 g/mol. The highest BCUT2D eigenvalue weighted by molar-refractivity contribution is 6.35. The molecule has 1 aliphatic rings. The molecule has 31 heavy (non-hydrogen) atoms. The number of hydrogen-bond acceptors (Lipinski definition) is 6. The van der Waals surface area contributed by atoms with E-state index >= 15 is 0 Å². The standard InChI is InChI=1S/C20H31FN4O4.C2H6/c1-7-14(15(21)8-13(2)10-22-5)9-17(26)24-25-18(19(27)28-6)23-16-11-29-12-20(16,3)4;1-2/h7-8,16,22H,2,9-12H2,1,3-6H3,(H,23,25)(H,24,26);1-2H3/b14-7-,15-8+;. The van der Waals surface area contributed by atoms with Gasteiger partial charge in [0.1, 0.15) is 5.83 Å². The number of rotatable bonds is 7. The summed E-state index contributed by atoms with van der Waals surface area (Å²) in [6.45, 7) is 14.6. The Bertz CT molecular complexity index is 714. The van der Waals surface area contributed by atoms with E-state index in [0.717, 1.165) is 0 Å². The number of hydrazine groups is 1. The van der Waals surface area contributed by atoms with Gasteiger partial charge in [-0.3, -0.25) is 20.6 Å². The van der Waals surface area contributed by atoms with E-state index in [1.807, 2.05) is 27.7 Å². The lowest BCUT2D eigenvalue weighted by molar-refractivity contribution is -0.133. The first-order chi connectivity index (χ1) is 14.6. The lowest BCUT2D eigenvalue weighted by atomic mass is 9.88. The third-order valence-corrected chi connectivity index (χ3v) is 4.38. The molecule has 1 amide bonds. The fourth-order valence-electron chi connectivity index (χ4n) is 2.58. The van der Waals surface area contributed by atoms with Gasteiger partial charge in [0.25, 0.3) is 0 Å². The summed E-state index contributed by atoms with van der Waals surface area (Å²) in [6.07, 6.45) is 2.55. The zero-order valence-corrected chi connectivity index (χ0v) is 19.7. The van der Waals surface area contributed by atoms with E-state index in [1.165, 1.54) is 19.3 Å². The van der Waals surface area contributed by atoms with Crippen LogP contribution in [0.25, 0.3) is 0 Å². The molecule has 1 atom stereocenters. The maximum absolute atomic E-state index is 14.3. The molecule has 3 N–H and O–H groups in total. The predicted molar refractivity (Wildman–Crippen MR) is 121 cm³/mol. The molecule has 1 fully saturated rings. The molecule has 0 aromatic heterocycles. The number of ether oxygens (including phenoxy) is 2. The topological polar surface area (TPSA) is 101 Å². The molecular weight excluding hydrogens is 403 g/mol. The summed E-state index contributed by atoms with van der Waals surface area (Å²) in [5.74, 6) is -1.97. The molecule has 0 bridgehead atoms. The number of esters is 1. The van der Waals surface area contributed by atoms with Gasteiger partial charge in [-0.1, -0.05) is 40.3 Å². The quantitative estimate of drug-likeness (QED) is 0.185. The fourth-order valence-corrected chi connectivity index (χ4v) is 2.58. The number of carbonyl (C=O) groups is 2. The van der Waals surface area contributed by atoms with Crippen LogP contribution in [0.5, 0.6) is 0 Å². The molecule has 0 aromatic carbocycles. The second kappa shape index (κ2) is 14.5. The van der Waals surface area contributed by atoms with E-state index in [1.54, 1.807) is 14.0 Å². The van der Waals surface area contributed by atoms with Crippen molar-refractivity contribution in [3.05, 3.63) is 35.7 Å². The summed E-state index contributed by atoms with van der Waals surface area (Å²) in [4.78, 5) is 28.6. The number of methoxy groups -OCH3 is 1. The van der Waals surface area contributed by atoms with E-state index < -0.39 is 17.7 Å². The number of likely N-dealkylation sites (N-methyl/N-ethyl adjacent to an activating group) is 1. The molecule has 1 aliphatic heterocycles. The Kier molecular flexibility index (Phi) is 13.3. The van der Waals surface area contributed by atoms with E-state index in [2.05, 4.69) is 27.7 Å². The number of allylic oxidation sites excluding steroid dienone is 2. The highest BCUT2D eigenvalue weighted by Crippen LogP contribution is 2.29. The zero-order chi connectivity index (χ0) is 24.0. The van der Waals surface area contributed by atoms with E-state index in [0.29, 0.717) is 25.3 Å². The number of amides is 1. The van der Waals surface area contributed by atoms with Crippen molar-refractivity contribution in [1.82, 2.24) is 16.2 Å². The predicted octanol–water partition coefficient (Wildman–Crippen LogP) is 2.60. The molecule has 8 nitrogen and oxygen atoms in total. The average Bonchev–Trinajstić information content (AvgIpc) is 3.07. The molecule has 0 aliphatic carbocycles. The van der Waals surface area contributed by atoms with Gasteiger partial charge in [-0.05, 0) is 31.2 Å².